The number of nitrogens with zero attached hydrogens (tertiary/aromatic N) is 2. The molecule has 13 heavy (non-hydrogen) atoms. The van der Waals surface area contributed by atoms with Crippen LogP contribution >= 0.6 is 0 Å². The Morgan fingerprint density at radius 3 is 2.85 bits per heavy atom. The summed E-state index contributed by atoms with van der Waals surface area (Å²) in [6.07, 6.45) is 1.52. The molecule has 1 heterocycles. The lowest BCUT2D eigenvalue weighted by atomic mass is 9.97. The van der Waals surface area contributed by atoms with Crippen LogP contribution in [-0.4, -0.2) is 16.7 Å². The molecule has 4 heteroatoms. The topological polar surface area (TPSA) is 64.5 Å². The average Bonchev–Trinajstić information content (AvgIpc) is 2.46. The summed E-state index contributed by atoms with van der Waals surface area (Å²) >= 11 is 0. The van der Waals surface area contributed by atoms with Gasteiger partial charge in [-0.15, -0.1) is 0 Å². The van der Waals surface area contributed by atoms with Gasteiger partial charge < -0.3 is 5.32 Å². The highest BCUT2D eigenvalue weighted by molar-refractivity contribution is 5.50. The molecule has 1 aromatic heterocycles. The van der Waals surface area contributed by atoms with Crippen molar-refractivity contribution >= 4 is 5.82 Å². The van der Waals surface area contributed by atoms with E-state index in [4.69, 9.17) is 5.26 Å². The fraction of sp³-hybridized carbons (Fsp3) is 0.556. The highest BCUT2D eigenvalue weighted by Crippen LogP contribution is 2.15. The van der Waals surface area contributed by atoms with E-state index in [1.54, 1.807) is 0 Å². The zero-order chi connectivity index (χ0) is 9.90. The molecule has 1 rings (SSSR count). The quantitative estimate of drug-likeness (QED) is 0.725. The van der Waals surface area contributed by atoms with E-state index >= 15 is 0 Å². The molecule has 0 aromatic carbocycles. The van der Waals surface area contributed by atoms with E-state index in [-0.39, 0.29) is 5.41 Å². The Labute approximate surface area is 78.0 Å². The fourth-order valence-electron chi connectivity index (χ4n) is 0.859. The van der Waals surface area contributed by atoms with E-state index in [0.717, 1.165) is 6.54 Å². The number of aromatic nitrogens is 2. The van der Waals surface area contributed by atoms with Crippen LogP contribution in [0.25, 0.3) is 0 Å². The first-order valence-electron chi connectivity index (χ1n) is 4.20. The Bertz CT molecular complexity index is 313. The van der Waals surface area contributed by atoms with Crippen molar-refractivity contribution in [1.82, 2.24) is 10.2 Å². The maximum atomic E-state index is 8.69. The van der Waals surface area contributed by atoms with Gasteiger partial charge in [-0.2, -0.15) is 10.4 Å². The molecule has 4 nitrogen and oxygen atoms in total. The van der Waals surface area contributed by atoms with E-state index in [1.807, 2.05) is 0 Å². The van der Waals surface area contributed by atoms with Gasteiger partial charge in [-0.1, -0.05) is 20.8 Å². The molecule has 70 valence electrons. The van der Waals surface area contributed by atoms with Crippen molar-refractivity contribution in [2.75, 3.05) is 11.9 Å². The number of aromatic amines is 1. The first kappa shape index (κ1) is 9.59. The van der Waals surface area contributed by atoms with Gasteiger partial charge >= 0.3 is 0 Å². The van der Waals surface area contributed by atoms with E-state index in [0.29, 0.717) is 11.4 Å². The molecule has 0 aliphatic rings. The van der Waals surface area contributed by atoms with Gasteiger partial charge in [0.15, 0.2) is 0 Å². The van der Waals surface area contributed by atoms with Crippen LogP contribution in [-0.2, 0) is 0 Å². The second-order valence-electron chi connectivity index (χ2n) is 4.18. The maximum absolute atomic E-state index is 8.69. The Hall–Kier alpha value is -1.50. The molecule has 0 fully saturated rings. The smallest absolute Gasteiger partial charge is 0.139 e. The van der Waals surface area contributed by atoms with Crippen LogP contribution < -0.4 is 5.32 Å². The van der Waals surface area contributed by atoms with Crippen LogP contribution in [0.15, 0.2) is 6.20 Å². The largest absolute Gasteiger partial charge is 0.369 e. The van der Waals surface area contributed by atoms with Crippen molar-refractivity contribution in [3.63, 3.8) is 0 Å². The normalized spacial score (nSPS) is 10.9. The molecule has 0 saturated carbocycles. The molecule has 0 spiro atoms. The lowest BCUT2D eigenvalue weighted by Gasteiger charge is -2.18. The van der Waals surface area contributed by atoms with E-state index in [1.165, 1.54) is 6.20 Å². The van der Waals surface area contributed by atoms with Crippen molar-refractivity contribution in [1.29, 1.82) is 5.26 Å². The first-order chi connectivity index (χ1) is 6.03. The highest BCUT2D eigenvalue weighted by Gasteiger charge is 2.11. The SMILES string of the molecule is CC(C)(C)CNc1[nH]ncc1C#N. The van der Waals surface area contributed by atoms with Crippen LogP contribution in [0, 0.1) is 16.7 Å². The van der Waals surface area contributed by atoms with Crippen molar-refractivity contribution in [2.45, 2.75) is 20.8 Å². The number of H-pyrrole nitrogens is 1. The summed E-state index contributed by atoms with van der Waals surface area (Å²) in [6, 6.07) is 2.06. The second kappa shape index (κ2) is 3.48. The summed E-state index contributed by atoms with van der Waals surface area (Å²) in [4.78, 5) is 0. The molecule has 0 radical (unpaired) electrons. The average molecular weight is 178 g/mol. The third-order valence-electron chi connectivity index (χ3n) is 1.56. The lowest BCUT2D eigenvalue weighted by molar-refractivity contribution is 0.442. The van der Waals surface area contributed by atoms with Gasteiger partial charge in [-0.05, 0) is 5.41 Å². The van der Waals surface area contributed by atoms with Crippen molar-refractivity contribution in [3.05, 3.63) is 11.8 Å². The zero-order valence-corrected chi connectivity index (χ0v) is 8.18. The Morgan fingerprint density at radius 1 is 1.62 bits per heavy atom. The Balaban J connectivity index is 2.61. The van der Waals surface area contributed by atoms with Gasteiger partial charge in [-0.3, -0.25) is 5.10 Å². The molecule has 0 unspecified atom stereocenters. The summed E-state index contributed by atoms with van der Waals surface area (Å²) in [5.41, 5.74) is 0.752. The molecule has 0 aliphatic carbocycles. The summed E-state index contributed by atoms with van der Waals surface area (Å²) in [5, 5.41) is 18.4. The van der Waals surface area contributed by atoms with Crippen molar-refractivity contribution in [3.8, 4) is 6.07 Å². The number of hydrogen-bond donors (Lipinski definition) is 2. The molecule has 0 aliphatic heterocycles. The third kappa shape index (κ3) is 2.79. The Morgan fingerprint density at radius 2 is 2.31 bits per heavy atom. The number of hydrogen-bond acceptors (Lipinski definition) is 3. The van der Waals surface area contributed by atoms with E-state index in [9.17, 15) is 0 Å². The molecule has 0 atom stereocenters. The maximum Gasteiger partial charge on any atom is 0.139 e. The van der Waals surface area contributed by atoms with Crippen LogP contribution in [0.2, 0.25) is 0 Å². The minimum absolute atomic E-state index is 0.192. The third-order valence-corrected chi connectivity index (χ3v) is 1.56. The predicted octanol–water partition coefficient (Wildman–Crippen LogP) is 1.74. The van der Waals surface area contributed by atoms with Gasteiger partial charge in [0.05, 0.1) is 6.20 Å². The van der Waals surface area contributed by atoms with E-state index in [2.05, 4.69) is 42.4 Å². The number of anilines is 1. The lowest BCUT2D eigenvalue weighted by Crippen LogP contribution is -2.19. The predicted molar refractivity (Wildman–Crippen MR) is 51.2 cm³/mol. The van der Waals surface area contributed by atoms with Crippen LogP contribution in [0.3, 0.4) is 0 Å². The molecular formula is C9H14N4. The second-order valence-corrected chi connectivity index (χ2v) is 4.18. The van der Waals surface area contributed by atoms with Crippen LogP contribution in [0.1, 0.15) is 26.3 Å². The van der Waals surface area contributed by atoms with Crippen molar-refractivity contribution in [2.24, 2.45) is 5.41 Å². The van der Waals surface area contributed by atoms with Crippen LogP contribution in [0.4, 0.5) is 5.82 Å². The highest BCUT2D eigenvalue weighted by atomic mass is 15.2. The minimum Gasteiger partial charge on any atom is -0.369 e. The minimum atomic E-state index is 0.192. The van der Waals surface area contributed by atoms with Gasteiger partial charge in [0, 0.05) is 6.54 Å². The molecule has 2 N–H and O–H groups in total. The number of nitrogens with one attached hydrogen (secondary N) is 2. The molecule has 0 saturated heterocycles. The van der Waals surface area contributed by atoms with E-state index < -0.39 is 0 Å². The first-order valence-corrected chi connectivity index (χ1v) is 4.20. The fourth-order valence-corrected chi connectivity index (χ4v) is 0.859. The summed E-state index contributed by atoms with van der Waals surface area (Å²) in [5.74, 6) is 0.706. The van der Waals surface area contributed by atoms with Crippen LogP contribution in [0.5, 0.6) is 0 Å². The van der Waals surface area contributed by atoms with Gasteiger partial charge in [0.2, 0.25) is 0 Å². The summed E-state index contributed by atoms with van der Waals surface area (Å²) < 4.78 is 0. The monoisotopic (exact) mass is 178 g/mol. The van der Waals surface area contributed by atoms with Gasteiger partial charge in [0.1, 0.15) is 17.5 Å². The molecule has 0 bridgehead atoms. The molecule has 1 aromatic rings. The zero-order valence-electron chi connectivity index (χ0n) is 8.18. The molecule has 0 amide bonds. The van der Waals surface area contributed by atoms with Gasteiger partial charge in [0.25, 0.3) is 0 Å². The van der Waals surface area contributed by atoms with Gasteiger partial charge in [-0.25, -0.2) is 0 Å². The Kier molecular flexibility index (Phi) is 2.57. The summed E-state index contributed by atoms with van der Waals surface area (Å²) in [6.45, 7) is 7.19. The standard InChI is InChI=1S/C9H14N4/c1-9(2,3)6-11-8-7(4-10)5-12-13-8/h5H,6H2,1-3H3,(H2,11,12,13). The number of rotatable bonds is 2. The summed E-state index contributed by atoms with van der Waals surface area (Å²) in [7, 11) is 0. The van der Waals surface area contributed by atoms with Crippen molar-refractivity contribution < 1.29 is 0 Å². The molecular weight excluding hydrogens is 164 g/mol. The number of nitriles is 1.